The van der Waals surface area contributed by atoms with E-state index >= 15 is 0 Å². The van der Waals surface area contributed by atoms with E-state index in [1.807, 2.05) is 0 Å². The maximum Gasteiger partial charge on any atom is 0.340 e. The quantitative estimate of drug-likeness (QED) is 0.788. The molecule has 0 bridgehead atoms. The lowest BCUT2D eigenvalue weighted by molar-refractivity contribution is -0.119. The Morgan fingerprint density at radius 2 is 2.00 bits per heavy atom. The smallest absolute Gasteiger partial charge is 0.340 e. The molecule has 3 N–H and O–H groups in total. The zero-order chi connectivity index (χ0) is 16.0. The number of benzene rings is 1. The third-order valence-electron chi connectivity index (χ3n) is 3.01. The molecule has 0 aliphatic heterocycles. The maximum absolute atomic E-state index is 13.6. The number of hydrogen-bond donors (Lipinski definition) is 2. The van der Waals surface area contributed by atoms with Crippen molar-refractivity contribution in [2.75, 3.05) is 19.0 Å². The number of methoxy groups -OCH3 is 1. The highest BCUT2D eigenvalue weighted by Crippen LogP contribution is 2.21. The highest BCUT2D eigenvalue weighted by molar-refractivity contribution is 5.95. The number of carbonyl (C=O) groups excluding carboxylic acids is 2. The molecule has 0 radical (unpaired) electrons. The molecule has 0 aromatic heterocycles. The number of carbonyl (C=O) groups is 2. The molecule has 1 atom stereocenters. The van der Waals surface area contributed by atoms with Crippen LogP contribution in [0.15, 0.2) is 12.1 Å². The lowest BCUT2D eigenvalue weighted by Gasteiger charge is -2.13. The highest BCUT2D eigenvalue weighted by atomic mass is 19.1. The van der Waals surface area contributed by atoms with E-state index in [-0.39, 0.29) is 11.6 Å². The van der Waals surface area contributed by atoms with Crippen molar-refractivity contribution in [3.8, 4) is 0 Å². The number of halogens is 2. The second kappa shape index (κ2) is 7.68. The lowest BCUT2D eigenvalue weighted by atomic mass is 10.0. The Balaban J connectivity index is 2.92. The van der Waals surface area contributed by atoms with Gasteiger partial charge in [-0.2, -0.15) is 0 Å². The summed E-state index contributed by atoms with van der Waals surface area (Å²) in [6.07, 6.45) is 1.21. The van der Waals surface area contributed by atoms with Crippen LogP contribution in [0.1, 0.15) is 30.1 Å². The van der Waals surface area contributed by atoms with Gasteiger partial charge in [0.25, 0.3) is 0 Å². The van der Waals surface area contributed by atoms with Gasteiger partial charge in [-0.3, -0.25) is 4.79 Å². The van der Waals surface area contributed by atoms with Crippen molar-refractivity contribution in [3.63, 3.8) is 0 Å². The molecular weight excluding hydrogens is 282 g/mol. The Hall–Kier alpha value is -2.02. The fraction of sp³-hybridized carbons (Fsp3) is 0.429. The van der Waals surface area contributed by atoms with Crippen LogP contribution in [-0.2, 0) is 9.53 Å². The summed E-state index contributed by atoms with van der Waals surface area (Å²) in [4.78, 5) is 23.2. The van der Waals surface area contributed by atoms with Crippen molar-refractivity contribution in [3.05, 3.63) is 29.3 Å². The fourth-order valence-corrected chi connectivity index (χ4v) is 1.72. The van der Waals surface area contributed by atoms with Crippen LogP contribution in [0.25, 0.3) is 0 Å². The van der Waals surface area contributed by atoms with Gasteiger partial charge in [0.15, 0.2) is 0 Å². The standard InChI is InChI=1S/C14H18F2N2O3/c1-8(4-3-5-17)13(19)18-12-6-9(14(20)21-2)10(15)7-11(12)16/h6-8H,3-5,17H2,1-2H3,(H,18,19). The van der Waals surface area contributed by atoms with E-state index in [2.05, 4.69) is 10.1 Å². The van der Waals surface area contributed by atoms with Crippen molar-refractivity contribution >= 4 is 17.6 Å². The first-order valence-corrected chi connectivity index (χ1v) is 6.49. The van der Waals surface area contributed by atoms with Gasteiger partial charge in [0.2, 0.25) is 5.91 Å². The van der Waals surface area contributed by atoms with Crippen molar-refractivity contribution in [2.45, 2.75) is 19.8 Å². The molecule has 0 aliphatic carbocycles. The summed E-state index contributed by atoms with van der Waals surface area (Å²) in [6, 6.07) is 1.45. The number of ether oxygens (including phenoxy) is 1. The van der Waals surface area contributed by atoms with Gasteiger partial charge in [-0.1, -0.05) is 6.92 Å². The lowest BCUT2D eigenvalue weighted by Crippen LogP contribution is -2.22. The van der Waals surface area contributed by atoms with Crippen LogP contribution in [0.2, 0.25) is 0 Å². The third-order valence-corrected chi connectivity index (χ3v) is 3.01. The molecule has 1 amide bonds. The van der Waals surface area contributed by atoms with Crippen LogP contribution < -0.4 is 11.1 Å². The van der Waals surface area contributed by atoms with Gasteiger partial charge < -0.3 is 15.8 Å². The molecule has 0 fully saturated rings. The van der Waals surface area contributed by atoms with Gasteiger partial charge in [-0.15, -0.1) is 0 Å². The summed E-state index contributed by atoms with van der Waals surface area (Å²) in [5.41, 5.74) is 4.65. The minimum atomic E-state index is -1.05. The predicted octanol–water partition coefficient (Wildman–Crippen LogP) is 2.06. The molecule has 116 valence electrons. The molecular formula is C14H18F2N2O3. The van der Waals surface area contributed by atoms with Crippen molar-refractivity contribution < 1.29 is 23.1 Å². The van der Waals surface area contributed by atoms with E-state index in [9.17, 15) is 18.4 Å². The number of esters is 1. The summed E-state index contributed by atoms with van der Waals surface area (Å²) in [7, 11) is 1.08. The molecule has 0 saturated heterocycles. The van der Waals surface area contributed by atoms with Crippen molar-refractivity contribution in [1.29, 1.82) is 0 Å². The van der Waals surface area contributed by atoms with Gasteiger partial charge >= 0.3 is 5.97 Å². The normalized spacial score (nSPS) is 11.9. The summed E-state index contributed by atoms with van der Waals surface area (Å²) in [6.45, 7) is 2.13. The van der Waals surface area contributed by atoms with Crippen molar-refractivity contribution in [1.82, 2.24) is 0 Å². The zero-order valence-corrected chi connectivity index (χ0v) is 11.9. The molecule has 7 heteroatoms. The Kier molecular flexibility index (Phi) is 6.23. The molecule has 1 rings (SSSR count). The van der Waals surface area contributed by atoms with Crippen LogP contribution in [0.3, 0.4) is 0 Å². The van der Waals surface area contributed by atoms with E-state index in [0.717, 1.165) is 13.2 Å². The van der Waals surface area contributed by atoms with Gasteiger partial charge in [-0.25, -0.2) is 13.6 Å². The van der Waals surface area contributed by atoms with Crippen LogP contribution in [0, 0.1) is 17.6 Å². The van der Waals surface area contributed by atoms with E-state index in [4.69, 9.17) is 5.73 Å². The maximum atomic E-state index is 13.6. The van der Waals surface area contributed by atoms with Gasteiger partial charge in [0.1, 0.15) is 11.6 Å². The zero-order valence-electron chi connectivity index (χ0n) is 11.9. The van der Waals surface area contributed by atoms with Crippen LogP contribution in [0.5, 0.6) is 0 Å². The number of rotatable bonds is 6. The number of anilines is 1. The average molecular weight is 300 g/mol. The number of hydrogen-bond acceptors (Lipinski definition) is 4. The second-order valence-corrected chi connectivity index (χ2v) is 4.62. The highest BCUT2D eigenvalue weighted by Gasteiger charge is 2.19. The number of amides is 1. The predicted molar refractivity (Wildman–Crippen MR) is 73.8 cm³/mol. The molecule has 0 aliphatic rings. The molecule has 0 heterocycles. The monoisotopic (exact) mass is 300 g/mol. The molecule has 0 spiro atoms. The molecule has 0 saturated carbocycles. The SMILES string of the molecule is COC(=O)c1cc(NC(=O)C(C)CCCN)c(F)cc1F. The van der Waals surface area contributed by atoms with E-state index in [1.54, 1.807) is 6.92 Å². The minimum absolute atomic E-state index is 0.263. The van der Waals surface area contributed by atoms with Crippen LogP contribution >= 0.6 is 0 Å². The number of nitrogens with one attached hydrogen (secondary N) is 1. The topological polar surface area (TPSA) is 81.4 Å². The average Bonchev–Trinajstić information content (AvgIpc) is 2.46. The summed E-state index contributed by atoms with van der Waals surface area (Å²) >= 11 is 0. The van der Waals surface area contributed by atoms with Gasteiger partial charge in [0.05, 0.1) is 18.4 Å². The summed E-state index contributed by atoms with van der Waals surface area (Å²) < 4.78 is 31.5. The van der Waals surface area contributed by atoms with Crippen LogP contribution in [0.4, 0.5) is 14.5 Å². The van der Waals surface area contributed by atoms with E-state index in [0.29, 0.717) is 25.5 Å². The number of nitrogens with two attached hydrogens (primary N) is 1. The first-order valence-electron chi connectivity index (χ1n) is 6.49. The van der Waals surface area contributed by atoms with Crippen molar-refractivity contribution in [2.24, 2.45) is 11.7 Å². The third kappa shape index (κ3) is 4.49. The van der Waals surface area contributed by atoms with Crippen LogP contribution in [-0.4, -0.2) is 25.5 Å². The Labute approximate surface area is 121 Å². The fourth-order valence-electron chi connectivity index (χ4n) is 1.72. The molecule has 5 nitrogen and oxygen atoms in total. The van der Waals surface area contributed by atoms with E-state index < -0.39 is 29.1 Å². The minimum Gasteiger partial charge on any atom is -0.465 e. The van der Waals surface area contributed by atoms with Gasteiger partial charge in [-0.05, 0) is 25.5 Å². The molecule has 1 aromatic carbocycles. The summed E-state index contributed by atoms with van der Waals surface area (Å²) in [5.74, 6) is -3.75. The van der Waals surface area contributed by atoms with Gasteiger partial charge in [0, 0.05) is 12.0 Å². The Morgan fingerprint density at radius 1 is 1.33 bits per heavy atom. The Bertz CT molecular complexity index is 535. The molecule has 1 unspecified atom stereocenters. The second-order valence-electron chi connectivity index (χ2n) is 4.62. The Morgan fingerprint density at radius 3 is 2.57 bits per heavy atom. The summed E-state index contributed by atoms with van der Waals surface area (Å²) in [5, 5.41) is 2.34. The first kappa shape index (κ1) is 17.0. The van der Waals surface area contributed by atoms with E-state index in [1.165, 1.54) is 0 Å². The molecule has 1 aromatic rings. The molecule has 21 heavy (non-hydrogen) atoms. The largest absolute Gasteiger partial charge is 0.465 e. The first-order chi connectivity index (χ1) is 9.90.